The Balaban J connectivity index is 1.78. The lowest BCUT2D eigenvalue weighted by Crippen LogP contribution is -2.47. The Morgan fingerprint density at radius 3 is 2.80 bits per heavy atom. The van der Waals surface area contributed by atoms with E-state index in [2.05, 4.69) is 15.9 Å². The minimum atomic E-state index is -1.18. The Kier molecular flexibility index (Phi) is 3.63. The second-order valence-electron chi connectivity index (χ2n) is 6.62. The summed E-state index contributed by atoms with van der Waals surface area (Å²) in [4.78, 5) is 38.9. The molecule has 6 nitrogen and oxygen atoms in total. The van der Waals surface area contributed by atoms with Gasteiger partial charge in [-0.05, 0) is 30.7 Å². The monoisotopic (exact) mass is 405 g/mol. The molecule has 4 rings (SSSR count). The van der Waals surface area contributed by atoms with Gasteiger partial charge < -0.3 is 9.47 Å². The fraction of sp³-hybridized carbons (Fsp3) is 0.389. The lowest BCUT2D eigenvalue weighted by atomic mass is 9.71. The fourth-order valence-corrected chi connectivity index (χ4v) is 4.20. The van der Waals surface area contributed by atoms with E-state index >= 15 is 0 Å². The van der Waals surface area contributed by atoms with Crippen molar-refractivity contribution in [1.82, 2.24) is 0 Å². The van der Waals surface area contributed by atoms with E-state index in [1.807, 2.05) is 13.0 Å². The van der Waals surface area contributed by atoms with Crippen molar-refractivity contribution in [2.45, 2.75) is 26.1 Å². The molecule has 2 saturated heterocycles. The van der Waals surface area contributed by atoms with Crippen molar-refractivity contribution in [2.24, 2.45) is 11.3 Å². The van der Waals surface area contributed by atoms with Crippen molar-refractivity contribution in [3.05, 3.63) is 40.4 Å². The third-order valence-corrected chi connectivity index (χ3v) is 6.06. The smallest absolute Gasteiger partial charge is 0.302 e. The average Bonchev–Trinajstić information content (AvgIpc) is 3.21. The average molecular weight is 406 g/mol. The molecule has 1 aromatic carbocycles. The second kappa shape index (κ2) is 5.51. The molecule has 0 N–H and O–H groups in total. The van der Waals surface area contributed by atoms with Gasteiger partial charge in [-0.1, -0.05) is 28.1 Å². The number of amides is 2. The highest BCUT2D eigenvalue weighted by atomic mass is 79.9. The van der Waals surface area contributed by atoms with Gasteiger partial charge in [-0.2, -0.15) is 0 Å². The largest absolute Gasteiger partial charge is 0.465 e. The zero-order valence-corrected chi connectivity index (χ0v) is 15.3. The summed E-state index contributed by atoms with van der Waals surface area (Å²) in [5.41, 5.74) is 0.261. The number of ether oxygens (including phenoxy) is 2. The topological polar surface area (TPSA) is 72.9 Å². The van der Waals surface area contributed by atoms with Gasteiger partial charge in [-0.25, -0.2) is 4.90 Å². The molecule has 0 radical (unpaired) electrons. The minimum Gasteiger partial charge on any atom is -0.465 e. The van der Waals surface area contributed by atoms with E-state index in [4.69, 9.17) is 9.47 Å². The Bertz CT molecular complexity index is 835. The number of halogens is 1. The molecular weight excluding hydrogens is 390 g/mol. The molecule has 2 fully saturated rings. The van der Waals surface area contributed by atoms with Crippen LogP contribution in [0.4, 0.5) is 5.69 Å². The molecule has 2 amide bonds. The van der Waals surface area contributed by atoms with Gasteiger partial charge in [0.2, 0.25) is 11.8 Å². The standard InChI is InChI=1S/C18H16BrNO5/c1-9-7-11(3-4-12(9)19)20-16(22)15-13-5-6-14(25-13)18(15,17(20)23)8-24-10(2)21/h3-7,13-15H,8H2,1-2H3. The molecule has 3 heterocycles. The van der Waals surface area contributed by atoms with Crippen LogP contribution in [0.1, 0.15) is 12.5 Å². The number of rotatable bonds is 3. The Morgan fingerprint density at radius 2 is 2.12 bits per heavy atom. The molecule has 0 spiro atoms. The number of aryl methyl sites for hydroxylation is 1. The maximum absolute atomic E-state index is 13.3. The quantitative estimate of drug-likeness (QED) is 0.437. The zero-order chi connectivity index (χ0) is 17.9. The molecular formula is C18H16BrNO5. The third kappa shape index (κ3) is 2.15. The van der Waals surface area contributed by atoms with Crippen LogP contribution in [-0.2, 0) is 23.9 Å². The molecule has 3 aliphatic heterocycles. The van der Waals surface area contributed by atoms with Crippen LogP contribution in [0, 0.1) is 18.3 Å². The molecule has 0 saturated carbocycles. The number of carbonyl (C=O) groups excluding carboxylic acids is 3. The van der Waals surface area contributed by atoms with Gasteiger partial charge in [-0.3, -0.25) is 14.4 Å². The van der Waals surface area contributed by atoms with E-state index in [1.165, 1.54) is 11.8 Å². The Hall–Kier alpha value is -1.99. The van der Waals surface area contributed by atoms with Crippen LogP contribution in [0.25, 0.3) is 0 Å². The first-order valence-electron chi connectivity index (χ1n) is 7.98. The molecule has 3 aliphatic rings. The summed E-state index contributed by atoms with van der Waals surface area (Å²) in [6, 6.07) is 5.32. The number of benzene rings is 1. The predicted molar refractivity (Wildman–Crippen MR) is 91.7 cm³/mol. The maximum atomic E-state index is 13.3. The highest BCUT2D eigenvalue weighted by molar-refractivity contribution is 9.10. The van der Waals surface area contributed by atoms with E-state index in [-0.39, 0.29) is 18.4 Å². The van der Waals surface area contributed by atoms with Crippen molar-refractivity contribution in [3.63, 3.8) is 0 Å². The van der Waals surface area contributed by atoms with E-state index in [9.17, 15) is 14.4 Å². The molecule has 4 unspecified atom stereocenters. The van der Waals surface area contributed by atoms with E-state index in [0.717, 1.165) is 10.0 Å². The summed E-state index contributed by atoms with van der Waals surface area (Å²) in [6.07, 6.45) is 2.58. The Labute approximate surface area is 152 Å². The summed E-state index contributed by atoms with van der Waals surface area (Å²) < 4.78 is 11.8. The molecule has 4 atom stereocenters. The number of imide groups is 1. The number of anilines is 1. The van der Waals surface area contributed by atoms with Gasteiger partial charge in [0, 0.05) is 11.4 Å². The van der Waals surface area contributed by atoms with Gasteiger partial charge in [0.15, 0.2) is 0 Å². The highest BCUT2D eigenvalue weighted by Crippen LogP contribution is 2.55. The van der Waals surface area contributed by atoms with Gasteiger partial charge in [0.05, 0.1) is 23.8 Å². The summed E-state index contributed by atoms with van der Waals surface area (Å²) in [5, 5.41) is 0. The van der Waals surface area contributed by atoms with Crippen molar-refractivity contribution in [2.75, 3.05) is 11.5 Å². The first kappa shape index (κ1) is 16.5. The fourth-order valence-electron chi connectivity index (χ4n) is 3.95. The van der Waals surface area contributed by atoms with Gasteiger partial charge in [0.25, 0.3) is 0 Å². The van der Waals surface area contributed by atoms with Crippen molar-refractivity contribution < 1.29 is 23.9 Å². The number of esters is 1. The van der Waals surface area contributed by atoms with Crippen LogP contribution in [0.2, 0.25) is 0 Å². The Morgan fingerprint density at radius 1 is 1.36 bits per heavy atom. The van der Waals surface area contributed by atoms with E-state index in [1.54, 1.807) is 24.3 Å². The van der Waals surface area contributed by atoms with Crippen LogP contribution in [0.15, 0.2) is 34.8 Å². The number of hydrogen-bond acceptors (Lipinski definition) is 5. The number of carbonyl (C=O) groups is 3. The molecule has 0 aliphatic carbocycles. The van der Waals surface area contributed by atoms with Crippen molar-refractivity contribution in [1.29, 1.82) is 0 Å². The lowest BCUT2D eigenvalue weighted by molar-refractivity contribution is -0.149. The van der Waals surface area contributed by atoms with Crippen molar-refractivity contribution >= 4 is 39.4 Å². The summed E-state index contributed by atoms with van der Waals surface area (Å²) in [5.74, 6) is -1.84. The number of nitrogens with zero attached hydrogens (tertiary/aromatic N) is 1. The van der Waals surface area contributed by atoms with E-state index < -0.39 is 29.5 Å². The van der Waals surface area contributed by atoms with E-state index in [0.29, 0.717) is 5.69 Å². The molecule has 2 bridgehead atoms. The molecule has 1 aromatic rings. The molecule has 7 heteroatoms. The van der Waals surface area contributed by atoms with Gasteiger partial charge in [0.1, 0.15) is 12.0 Å². The predicted octanol–water partition coefficient (Wildman–Crippen LogP) is 2.13. The maximum Gasteiger partial charge on any atom is 0.302 e. The number of hydrogen-bond donors (Lipinski definition) is 0. The molecule has 25 heavy (non-hydrogen) atoms. The van der Waals surface area contributed by atoms with Crippen LogP contribution >= 0.6 is 15.9 Å². The van der Waals surface area contributed by atoms with Crippen molar-refractivity contribution in [3.8, 4) is 0 Å². The molecule has 130 valence electrons. The SMILES string of the molecule is CC(=O)OCC12C(=O)N(c3ccc(Br)c(C)c3)C(=O)C1C1C=CC2O1. The minimum absolute atomic E-state index is 0.158. The van der Waals surface area contributed by atoms with Gasteiger partial charge in [-0.15, -0.1) is 0 Å². The first-order chi connectivity index (χ1) is 11.9. The van der Waals surface area contributed by atoms with Crippen LogP contribution in [0.5, 0.6) is 0 Å². The zero-order valence-electron chi connectivity index (χ0n) is 13.7. The third-order valence-electron chi connectivity index (χ3n) is 5.17. The van der Waals surface area contributed by atoms with Gasteiger partial charge >= 0.3 is 5.97 Å². The summed E-state index contributed by atoms with van der Waals surface area (Å²) in [7, 11) is 0. The molecule has 0 aromatic heterocycles. The second-order valence-corrected chi connectivity index (χ2v) is 7.47. The highest BCUT2D eigenvalue weighted by Gasteiger charge is 2.72. The van der Waals surface area contributed by atoms with Crippen LogP contribution < -0.4 is 4.90 Å². The first-order valence-corrected chi connectivity index (χ1v) is 8.77. The van der Waals surface area contributed by atoms with Crippen LogP contribution in [0.3, 0.4) is 0 Å². The van der Waals surface area contributed by atoms with Crippen LogP contribution in [-0.4, -0.2) is 36.6 Å². The summed E-state index contributed by atoms with van der Waals surface area (Å²) >= 11 is 3.42. The normalized spacial score (nSPS) is 32.4. The summed E-state index contributed by atoms with van der Waals surface area (Å²) in [6.45, 7) is 3.02. The lowest BCUT2D eigenvalue weighted by Gasteiger charge is -2.29. The number of fused-ring (bicyclic) bond motifs is 5.